The summed E-state index contributed by atoms with van der Waals surface area (Å²) >= 11 is 14.3. The number of benzene rings is 1. The van der Waals surface area contributed by atoms with Crippen LogP contribution in [0.1, 0.15) is 10.4 Å². The Morgan fingerprint density at radius 1 is 1.33 bits per heavy atom. The first-order valence-electron chi connectivity index (χ1n) is 2.88. The summed E-state index contributed by atoms with van der Waals surface area (Å²) in [5.74, 6) is -1.38. The summed E-state index contributed by atoms with van der Waals surface area (Å²) in [5.41, 5.74) is -0.179. The van der Waals surface area contributed by atoms with E-state index in [-0.39, 0.29) is 15.6 Å². The van der Waals surface area contributed by atoms with Crippen molar-refractivity contribution in [3.63, 3.8) is 0 Å². The highest BCUT2D eigenvalue weighted by Gasteiger charge is 2.07. The number of carboxylic acids is 1. The normalized spacial score (nSPS) is 9.92. The van der Waals surface area contributed by atoms with E-state index in [1.807, 2.05) is 0 Å². The Bertz CT molecular complexity index is 315. The van der Waals surface area contributed by atoms with Gasteiger partial charge < -0.3 is 9.90 Å². The Kier molecular flexibility index (Phi) is 2.99. The van der Waals surface area contributed by atoms with Crippen LogP contribution in [-0.4, -0.2) is 5.97 Å². The van der Waals surface area contributed by atoms with E-state index in [0.717, 1.165) is 0 Å². The third kappa shape index (κ3) is 1.91. The fraction of sp³-hybridized carbons (Fsp3) is 0. The molecule has 0 radical (unpaired) electrons. The number of carbonyl (C=O) groups is 1. The third-order valence-electron chi connectivity index (χ3n) is 1.21. The Labute approximate surface area is 87.2 Å². The number of aromatic carboxylic acids is 1. The van der Waals surface area contributed by atoms with E-state index in [2.05, 4.69) is 15.9 Å². The zero-order valence-electron chi connectivity index (χ0n) is 5.61. The average Bonchev–Trinajstić information content (AvgIpc) is 1.82. The fourth-order valence-electron chi connectivity index (χ4n) is 0.737. The molecule has 0 bridgehead atoms. The number of rotatable bonds is 1. The fourth-order valence-corrected chi connectivity index (χ4v) is 2.10. The summed E-state index contributed by atoms with van der Waals surface area (Å²) in [5, 5.41) is 10.6. The van der Waals surface area contributed by atoms with E-state index in [9.17, 15) is 9.90 Å². The Hall–Kier alpha value is -0.250. The highest BCUT2D eigenvalue weighted by Crippen LogP contribution is 2.28. The van der Waals surface area contributed by atoms with Crippen LogP contribution in [0.2, 0.25) is 10.0 Å². The van der Waals surface area contributed by atoms with Gasteiger partial charge in [0.25, 0.3) is 0 Å². The minimum absolute atomic E-state index is 0.0642. The van der Waals surface area contributed by atoms with Crippen molar-refractivity contribution in [2.45, 2.75) is 0 Å². The smallest absolute Gasteiger partial charge is 0.0745 e. The van der Waals surface area contributed by atoms with Gasteiger partial charge in [-0.05, 0) is 12.1 Å². The zero-order valence-corrected chi connectivity index (χ0v) is 8.70. The molecule has 0 fully saturated rings. The first kappa shape index (κ1) is 9.84. The molecule has 0 saturated carbocycles. The molecule has 1 rings (SSSR count). The molecule has 0 aromatic heterocycles. The molecule has 0 aliphatic rings. The minimum Gasteiger partial charge on any atom is -0.545 e. The lowest BCUT2D eigenvalue weighted by molar-refractivity contribution is -0.255. The predicted octanol–water partition coefficient (Wildman–Crippen LogP) is 2.12. The van der Waals surface area contributed by atoms with E-state index in [1.54, 1.807) is 0 Å². The number of hydrogen-bond acceptors (Lipinski definition) is 2. The van der Waals surface area contributed by atoms with Crippen molar-refractivity contribution in [1.29, 1.82) is 0 Å². The van der Waals surface area contributed by atoms with Gasteiger partial charge in [0, 0.05) is 10.0 Å². The quantitative estimate of drug-likeness (QED) is 0.783. The van der Waals surface area contributed by atoms with Crippen LogP contribution in [0, 0.1) is 0 Å². The second-order valence-electron chi connectivity index (χ2n) is 2.03. The lowest BCUT2D eigenvalue weighted by Gasteiger charge is -2.07. The molecule has 12 heavy (non-hydrogen) atoms. The molecular weight excluding hydrogens is 267 g/mol. The molecule has 5 heteroatoms. The monoisotopic (exact) mass is 267 g/mol. The highest BCUT2D eigenvalue weighted by molar-refractivity contribution is 9.10. The second kappa shape index (κ2) is 3.64. The van der Waals surface area contributed by atoms with Crippen LogP contribution >= 0.6 is 39.1 Å². The number of hydrogen-bond donors (Lipinski definition) is 0. The van der Waals surface area contributed by atoms with Gasteiger partial charge in [-0.15, -0.1) is 0 Å². The second-order valence-corrected chi connectivity index (χ2v) is 3.76. The van der Waals surface area contributed by atoms with Gasteiger partial charge in [-0.3, -0.25) is 0 Å². The number of carboxylic acid groups (broad SMARTS) is 1. The van der Waals surface area contributed by atoms with Gasteiger partial charge in [-0.25, -0.2) is 0 Å². The minimum atomic E-state index is -1.38. The number of halogens is 3. The van der Waals surface area contributed by atoms with E-state index in [4.69, 9.17) is 23.2 Å². The summed E-state index contributed by atoms with van der Waals surface area (Å²) in [4.78, 5) is 10.5. The molecule has 0 aliphatic carbocycles. The van der Waals surface area contributed by atoms with Gasteiger partial charge in [0.15, 0.2) is 0 Å². The van der Waals surface area contributed by atoms with Crippen LogP contribution in [-0.2, 0) is 0 Å². The summed E-state index contributed by atoms with van der Waals surface area (Å²) in [7, 11) is 0. The van der Waals surface area contributed by atoms with Gasteiger partial charge >= 0.3 is 0 Å². The molecule has 1 aromatic carbocycles. The molecule has 0 N–H and O–H groups in total. The summed E-state index contributed by atoms with van der Waals surface area (Å²) in [6.45, 7) is 0. The molecule has 0 aliphatic heterocycles. The first-order chi connectivity index (χ1) is 5.52. The SMILES string of the molecule is O=C([O-])c1c(Cl)cc(Br)cc1Cl. The molecule has 2 nitrogen and oxygen atoms in total. The summed E-state index contributed by atoms with van der Waals surface area (Å²) in [6.07, 6.45) is 0. The van der Waals surface area contributed by atoms with Crippen LogP contribution in [0.25, 0.3) is 0 Å². The molecule has 0 heterocycles. The maximum atomic E-state index is 10.5. The van der Waals surface area contributed by atoms with Crippen LogP contribution < -0.4 is 5.11 Å². The van der Waals surface area contributed by atoms with Crippen molar-refractivity contribution in [3.05, 3.63) is 32.2 Å². The lowest BCUT2D eigenvalue weighted by Crippen LogP contribution is -2.23. The molecule has 0 saturated heterocycles. The van der Waals surface area contributed by atoms with E-state index in [0.29, 0.717) is 4.47 Å². The Morgan fingerprint density at radius 3 is 2.08 bits per heavy atom. The average molecular weight is 269 g/mol. The van der Waals surface area contributed by atoms with Crippen LogP contribution in [0.3, 0.4) is 0 Å². The highest BCUT2D eigenvalue weighted by atomic mass is 79.9. The van der Waals surface area contributed by atoms with Crippen molar-refractivity contribution in [2.75, 3.05) is 0 Å². The molecule has 0 spiro atoms. The molecule has 0 unspecified atom stereocenters. The first-order valence-corrected chi connectivity index (χ1v) is 4.43. The topological polar surface area (TPSA) is 40.1 Å². The van der Waals surface area contributed by atoms with Crippen LogP contribution in [0.15, 0.2) is 16.6 Å². The molecule has 0 atom stereocenters. The van der Waals surface area contributed by atoms with Crippen LogP contribution in [0.4, 0.5) is 0 Å². The largest absolute Gasteiger partial charge is 0.545 e. The van der Waals surface area contributed by atoms with Gasteiger partial charge in [0.05, 0.1) is 16.0 Å². The van der Waals surface area contributed by atoms with Gasteiger partial charge in [-0.2, -0.15) is 0 Å². The number of carbonyl (C=O) groups excluding carboxylic acids is 1. The molecule has 0 amide bonds. The van der Waals surface area contributed by atoms with Crippen molar-refractivity contribution >= 4 is 45.1 Å². The Balaban J connectivity index is 3.38. The van der Waals surface area contributed by atoms with Gasteiger partial charge in [-0.1, -0.05) is 39.1 Å². The van der Waals surface area contributed by atoms with E-state index >= 15 is 0 Å². The van der Waals surface area contributed by atoms with E-state index < -0.39 is 5.97 Å². The van der Waals surface area contributed by atoms with E-state index in [1.165, 1.54) is 12.1 Å². The van der Waals surface area contributed by atoms with Gasteiger partial charge in [0.1, 0.15) is 0 Å². The predicted molar refractivity (Wildman–Crippen MR) is 48.5 cm³/mol. The summed E-state index contributed by atoms with van der Waals surface area (Å²) in [6, 6.07) is 2.89. The van der Waals surface area contributed by atoms with Crippen molar-refractivity contribution in [1.82, 2.24) is 0 Å². The maximum absolute atomic E-state index is 10.5. The van der Waals surface area contributed by atoms with Crippen molar-refractivity contribution in [3.8, 4) is 0 Å². The molecular formula is C7H2BrCl2O2-. The maximum Gasteiger partial charge on any atom is 0.0745 e. The third-order valence-corrected chi connectivity index (χ3v) is 2.27. The van der Waals surface area contributed by atoms with Crippen LogP contribution in [0.5, 0.6) is 0 Å². The van der Waals surface area contributed by atoms with Crippen molar-refractivity contribution in [2.24, 2.45) is 0 Å². The zero-order chi connectivity index (χ0) is 9.30. The standard InChI is InChI=1S/C7H3BrCl2O2/c8-3-1-4(9)6(7(11)12)5(10)2-3/h1-2H,(H,11,12)/p-1. The Morgan fingerprint density at radius 2 is 1.75 bits per heavy atom. The van der Waals surface area contributed by atoms with Crippen molar-refractivity contribution < 1.29 is 9.90 Å². The molecule has 64 valence electrons. The lowest BCUT2D eigenvalue weighted by atomic mass is 10.2. The molecule has 1 aromatic rings. The van der Waals surface area contributed by atoms with Gasteiger partial charge in [0.2, 0.25) is 0 Å². The summed E-state index contributed by atoms with van der Waals surface area (Å²) < 4.78 is 0.627.